The largest absolute Gasteiger partial charge is 0.497 e. The van der Waals surface area contributed by atoms with Crippen LogP contribution in [0.15, 0.2) is 36.4 Å². The van der Waals surface area contributed by atoms with Crippen LogP contribution in [0.4, 0.5) is 19.3 Å². The number of amides is 1. The van der Waals surface area contributed by atoms with E-state index in [2.05, 4.69) is 17.0 Å². The zero-order chi connectivity index (χ0) is 19.1. The Hall–Kier alpha value is -2.83. The zero-order valence-corrected chi connectivity index (χ0v) is 14.8. The van der Waals surface area contributed by atoms with Crippen molar-refractivity contribution in [1.29, 1.82) is 0 Å². The predicted molar refractivity (Wildman–Crippen MR) is 94.0 cm³/mol. The van der Waals surface area contributed by atoms with Gasteiger partial charge >= 0.3 is 12.7 Å². The number of methoxy groups -OCH3 is 1. The molecular formula is C19H21F2NO4. The SMILES string of the molecule is CCc1ccc(OCc2cc(OC)ccc2NC(=O)OC(F)F)c(C)c1. The van der Waals surface area contributed by atoms with Gasteiger partial charge in [-0.25, -0.2) is 4.79 Å². The van der Waals surface area contributed by atoms with Gasteiger partial charge in [0.05, 0.1) is 12.8 Å². The Morgan fingerprint density at radius 2 is 1.96 bits per heavy atom. The molecule has 0 atom stereocenters. The van der Waals surface area contributed by atoms with Crippen molar-refractivity contribution in [3.05, 3.63) is 53.1 Å². The zero-order valence-electron chi connectivity index (χ0n) is 14.8. The lowest BCUT2D eigenvalue weighted by molar-refractivity contribution is -0.0766. The smallest absolute Gasteiger partial charge is 0.416 e. The Balaban J connectivity index is 2.17. The van der Waals surface area contributed by atoms with E-state index in [1.165, 1.54) is 18.7 Å². The molecule has 0 aromatic heterocycles. The summed E-state index contributed by atoms with van der Waals surface area (Å²) in [6.07, 6.45) is -0.313. The molecule has 0 saturated carbocycles. The number of carbonyl (C=O) groups is 1. The number of aryl methyl sites for hydroxylation is 2. The van der Waals surface area contributed by atoms with Crippen LogP contribution in [-0.2, 0) is 17.8 Å². The number of alkyl halides is 2. The Kier molecular flexibility index (Phi) is 6.77. The van der Waals surface area contributed by atoms with Crippen LogP contribution in [0.1, 0.15) is 23.6 Å². The molecule has 0 spiro atoms. The quantitative estimate of drug-likeness (QED) is 0.757. The van der Waals surface area contributed by atoms with Crippen molar-refractivity contribution < 1.29 is 27.8 Å². The molecule has 2 aromatic carbocycles. The number of nitrogens with one attached hydrogen (secondary N) is 1. The van der Waals surface area contributed by atoms with Crippen molar-refractivity contribution in [2.45, 2.75) is 33.5 Å². The van der Waals surface area contributed by atoms with Gasteiger partial charge in [-0.2, -0.15) is 8.78 Å². The summed E-state index contributed by atoms with van der Waals surface area (Å²) in [5.74, 6) is 1.25. The average molecular weight is 365 g/mol. The van der Waals surface area contributed by atoms with E-state index in [9.17, 15) is 13.6 Å². The third-order valence-electron chi connectivity index (χ3n) is 3.78. The molecule has 0 aliphatic heterocycles. The molecule has 0 aliphatic carbocycles. The maximum Gasteiger partial charge on any atom is 0.416 e. The lowest BCUT2D eigenvalue weighted by atomic mass is 10.1. The summed E-state index contributed by atoms with van der Waals surface area (Å²) in [5, 5.41) is 2.29. The molecule has 140 valence electrons. The standard InChI is InChI=1S/C19H21F2NO4/c1-4-13-5-8-17(12(2)9-13)25-11-14-10-15(24-3)6-7-16(14)22-19(23)26-18(20)21/h5-10,18H,4,11H2,1-3H3,(H,22,23). The number of anilines is 1. The third-order valence-corrected chi connectivity index (χ3v) is 3.78. The van der Waals surface area contributed by atoms with Crippen LogP contribution in [0.3, 0.4) is 0 Å². The summed E-state index contributed by atoms with van der Waals surface area (Å²) in [6, 6.07) is 10.7. The van der Waals surface area contributed by atoms with Crippen molar-refractivity contribution in [1.82, 2.24) is 0 Å². The molecule has 7 heteroatoms. The fraction of sp³-hybridized carbons (Fsp3) is 0.316. The fourth-order valence-electron chi connectivity index (χ4n) is 2.41. The van der Waals surface area contributed by atoms with E-state index >= 15 is 0 Å². The van der Waals surface area contributed by atoms with Crippen LogP contribution >= 0.6 is 0 Å². The Labute approximate surface area is 150 Å². The summed E-state index contributed by atoms with van der Waals surface area (Å²) < 4.78 is 39.1. The molecule has 0 bridgehead atoms. The molecule has 0 saturated heterocycles. The summed E-state index contributed by atoms with van der Waals surface area (Å²) in [7, 11) is 1.51. The Morgan fingerprint density at radius 1 is 1.19 bits per heavy atom. The molecule has 0 radical (unpaired) electrons. The van der Waals surface area contributed by atoms with Gasteiger partial charge in [0.1, 0.15) is 18.1 Å². The molecule has 0 aliphatic rings. The molecule has 2 rings (SSSR count). The molecule has 1 N–H and O–H groups in total. The number of hydrogen-bond donors (Lipinski definition) is 1. The van der Waals surface area contributed by atoms with Crippen LogP contribution in [0.2, 0.25) is 0 Å². The van der Waals surface area contributed by atoms with Crippen molar-refractivity contribution in [3.8, 4) is 11.5 Å². The first-order valence-corrected chi connectivity index (χ1v) is 8.08. The number of halogens is 2. The second-order valence-corrected chi connectivity index (χ2v) is 5.56. The molecule has 0 heterocycles. The highest BCUT2D eigenvalue weighted by Gasteiger charge is 2.14. The molecule has 0 fully saturated rings. The van der Waals surface area contributed by atoms with E-state index in [0.717, 1.165) is 12.0 Å². The molecule has 5 nitrogen and oxygen atoms in total. The van der Waals surface area contributed by atoms with Crippen molar-refractivity contribution in [3.63, 3.8) is 0 Å². The lowest BCUT2D eigenvalue weighted by Crippen LogP contribution is -2.18. The first-order chi connectivity index (χ1) is 12.4. The minimum absolute atomic E-state index is 0.119. The summed E-state index contributed by atoms with van der Waals surface area (Å²) in [6.45, 7) is 0.947. The predicted octanol–water partition coefficient (Wildman–Crippen LogP) is 4.92. The van der Waals surface area contributed by atoms with E-state index in [4.69, 9.17) is 9.47 Å². The number of benzene rings is 2. The average Bonchev–Trinajstić information content (AvgIpc) is 2.60. The van der Waals surface area contributed by atoms with Gasteiger partial charge in [-0.05, 0) is 48.7 Å². The second kappa shape index (κ2) is 9.03. The van der Waals surface area contributed by atoms with E-state index in [0.29, 0.717) is 22.7 Å². The van der Waals surface area contributed by atoms with Crippen molar-refractivity contribution >= 4 is 11.8 Å². The summed E-state index contributed by atoms with van der Waals surface area (Å²) in [5.41, 5.74) is 3.06. The molecule has 0 unspecified atom stereocenters. The van der Waals surface area contributed by atoms with E-state index in [1.54, 1.807) is 12.1 Å². The van der Waals surface area contributed by atoms with E-state index in [-0.39, 0.29) is 6.61 Å². The van der Waals surface area contributed by atoms with Gasteiger partial charge in [-0.15, -0.1) is 0 Å². The lowest BCUT2D eigenvalue weighted by Gasteiger charge is -2.15. The van der Waals surface area contributed by atoms with Crippen molar-refractivity contribution in [2.75, 3.05) is 12.4 Å². The minimum atomic E-state index is -3.19. The van der Waals surface area contributed by atoms with Crippen molar-refractivity contribution in [2.24, 2.45) is 0 Å². The number of hydrogen-bond acceptors (Lipinski definition) is 4. The maximum absolute atomic E-state index is 12.2. The fourth-order valence-corrected chi connectivity index (χ4v) is 2.41. The molecule has 1 amide bonds. The van der Waals surface area contributed by atoms with Crippen LogP contribution in [0.25, 0.3) is 0 Å². The highest BCUT2D eigenvalue weighted by atomic mass is 19.3. The first-order valence-electron chi connectivity index (χ1n) is 8.08. The van der Waals surface area contributed by atoms with Gasteiger partial charge in [0.2, 0.25) is 0 Å². The van der Waals surface area contributed by atoms with Crippen LogP contribution in [0, 0.1) is 6.92 Å². The Bertz CT molecular complexity index is 765. The molecule has 26 heavy (non-hydrogen) atoms. The van der Waals surface area contributed by atoms with Gasteiger partial charge in [0, 0.05) is 5.56 Å². The van der Waals surface area contributed by atoms with Gasteiger partial charge in [0.15, 0.2) is 0 Å². The van der Waals surface area contributed by atoms with Crippen LogP contribution < -0.4 is 14.8 Å². The monoisotopic (exact) mass is 365 g/mol. The normalized spacial score (nSPS) is 10.5. The number of carbonyl (C=O) groups excluding carboxylic acids is 1. The maximum atomic E-state index is 12.2. The molecule has 2 aromatic rings. The van der Waals surface area contributed by atoms with E-state index in [1.807, 2.05) is 25.1 Å². The number of ether oxygens (including phenoxy) is 3. The van der Waals surface area contributed by atoms with E-state index < -0.39 is 12.7 Å². The number of rotatable bonds is 7. The van der Waals surface area contributed by atoms with Gasteiger partial charge < -0.3 is 14.2 Å². The first kappa shape index (κ1) is 19.5. The summed E-state index contributed by atoms with van der Waals surface area (Å²) in [4.78, 5) is 11.4. The van der Waals surface area contributed by atoms with Crippen LogP contribution in [0.5, 0.6) is 11.5 Å². The van der Waals surface area contributed by atoms with Crippen LogP contribution in [-0.4, -0.2) is 19.8 Å². The van der Waals surface area contributed by atoms with Gasteiger partial charge in [-0.3, -0.25) is 5.32 Å². The topological polar surface area (TPSA) is 56.8 Å². The third kappa shape index (κ3) is 5.34. The Morgan fingerprint density at radius 3 is 2.58 bits per heavy atom. The van der Waals surface area contributed by atoms with Gasteiger partial charge in [-0.1, -0.05) is 19.1 Å². The highest BCUT2D eigenvalue weighted by Crippen LogP contribution is 2.26. The van der Waals surface area contributed by atoms with Gasteiger partial charge in [0.25, 0.3) is 0 Å². The second-order valence-electron chi connectivity index (χ2n) is 5.56. The molecular weight excluding hydrogens is 344 g/mol. The highest BCUT2D eigenvalue weighted by molar-refractivity contribution is 5.85. The minimum Gasteiger partial charge on any atom is -0.497 e. The summed E-state index contributed by atoms with van der Waals surface area (Å²) >= 11 is 0.